The highest BCUT2D eigenvalue weighted by Gasteiger charge is 2.35. The van der Waals surface area contributed by atoms with Gasteiger partial charge in [0.05, 0.1) is 12.2 Å². The van der Waals surface area contributed by atoms with Gasteiger partial charge in [-0.2, -0.15) is 13.2 Å². The molecule has 2 aromatic carbocycles. The van der Waals surface area contributed by atoms with Crippen molar-refractivity contribution in [1.29, 1.82) is 0 Å². The highest BCUT2D eigenvalue weighted by Crippen LogP contribution is 2.35. The second-order valence-corrected chi connectivity index (χ2v) is 10.5. The molecule has 0 saturated carbocycles. The van der Waals surface area contributed by atoms with E-state index in [-0.39, 0.29) is 30.2 Å². The molecule has 0 aliphatic carbocycles. The molecule has 0 spiro atoms. The number of likely N-dealkylation sites (N-methyl/N-ethyl adjacent to an activating group) is 1. The number of piperazine rings is 1. The minimum atomic E-state index is -4.45. The summed E-state index contributed by atoms with van der Waals surface area (Å²) >= 11 is 0. The normalized spacial score (nSPS) is 19.9. The summed E-state index contributed by atoms with van der Waals surface area (Å²) in [6.45, 7) is 10.2. The van der Waals surface area contributed by atoms with Crippen molar-refractivity contribution in [2.45, 2.75) is 44.9 Å². The molecule has 0 radical (unpaired) electrons. The number of hydrogen-bond acceptors (Lipinski definition) is 4. The molecule has 2 fully saturated rings. The predicted octanol–water partition coefficient (Wildman–Crippen LogP) is 5.15. The molecule has 0 aromatic heterocycles. The fraction of sp³-hybridized carbons (Fsp3) is 0.519. The van der Waals surface area contributed by atoms with Crippen molar-refractivity contribution in [1.82, 2.24) is 4.90 Å². The molecule has 0 N–H and O–H groups in total. The highest BCUT2D eigenvalue weighted by atomic mass is 35.5. The van der Waals surface area contributed by atoms with E-state index in [1.54, 1.807) is 11.0 Å². The van der Waals surface area contributed by atoms with Crippen molar-refractivity contribution < 1.29 is 22.7 Å². The Hall–Kier alpha value is -2.29. The van der Waals surface area contributed by atoms with Gasteiger partial charge in [-0.05, 0) is 53.9 Å². The number of amides is 1. The zero-order valence-corrected chi connectivity index (χ0v) is 22.1. The van der Waals surface area contributed by atoms with Gasteiger partial charge in [0.2, 0.25) is 0 Å². The maximum atomic E-state index is 13.5. The quantitative estimate of drug-likeness (QED) is 0.553. The molecule has 5 nitrogen and oxygen atoms in total. The fourth-order valence-corrected chi connectivity index (χ4v) is 4.67. The van der Waals surface area contributed by atoms with Gasteiger partial charge in [0, 0.05) is 50.5 Å². The molecule has 1 unspecified atom stereocenters. The first-order valence-electron chi connectivity index (χ1n) is 12.1. The van der Waals surface area contributed by atoms with Crippen LogP contribution < -0.4 is 9.80 Å². The molecule has 2 saturated heterocycles. The lowest BCUT2D eigenvalue weighted by atomic mass is 9.87. The molecule has 4 rings (SSSR count). The number of benzene rings is 2. The number of carbonyl (C=O) groups excluding carboxylic acids is 1. The number of halogens is 4. The van der Waals surface area contributed by atoms with Crippen LogP contribution >= 0.6 is 12.4 Å². The van der Waals surface area contributed by atoms with Gasteiger partial charge in [-0.15, -0.1) is 12.4 Å². The van der Waals surface area contributed by atoms with Crippen molar-refractivity contribution in [3.8, 4) is 0 Å². The van der Waals surface area contributed by atoms with Crippen molar-refractivity contribution >= 4 is 29.7 Å². The number of alkyl halides is 3. The van der Waals surface area contributed by atoms with Crippen molar-refractivity contribution in [2.75, 3.05) is 56.2 Å². The highest BCUT2D eigenvalue weighted by molar-refractivity contribution is 5.97. The van der Waals surface area contributed by atoms with Crippen LogP contribution in [-0.4, -0.2) is 63.3 Å². The van der Waals surface area contributed by atoms with Crippen LogP contribution in [0.4, 0.5) is 24.5 Å². The summed E-state index contributed by atoms with van der Waals surface area (Å²) in [5.74, 6) is -0.221. The van der Waals surface area contributed by atoms with Gasteiger partial charge in [0.1, 0.15) is 6.10 Å². The number of ether oxygens (including phenoxy) is 1. The van der Waals surface area contributed by atoms with E-state index in [2.05, 4.69) is 30.6 Å². The Morgan fingerprint density at radius 3 is 2.11 bits per heavy atom. The summed E-state index contributed by atoms with van der Waals surface area (Å²) < 4.78 is 46.4. The summed E-state index contributed by atoms with van der Waals surface area (Å²) in [5, 5.41) is 0. The summed E-state index contributed by atoms with van der Waals surface area (Å²) in [7, 11) is 2.03. The van der Waals surface area contributed by atoms with Crippen LogP contribution in [-0.2, 0) is 27.5 Å². The zero-order valence-electron chi connectivity index (χ0n) is 21.3. The van der Waals surface area contributed by atoms with E-state index in [9.17, 15) is 18.0 Å². The lowest BCUT2D eigenvalue weighted by Crippen LogP contribution is -2.49. The summed E-state index contributed by atoms with van der Waals surface area (Å²) in [6.07, 6.45) is -5.19. The first-order chi connectivity index (χ1) is 16.4. The largest absolute Gasteiger partial charge is 0.416 e. The first kappa shape index (κ1) is 28.3. The molecule has 36 heavy (non-hydrogen) atoms. The fourth-order valence-electron chi connectivity index (χ4n) is 4.67. The first-order valence-corrected chi connectivity index (χ1v) is 12.1. The molecule has 2 aliphatic rings. The maximum absolute atomic E-state index is 13.5. The van der Waals surface area contributed by atoms with Gasteiger partial charge >= 0.3 is 6.18 Å². The van der Waals surface area contributed by atoms with E-state index >= 15 is 0 Å². The molecule has 2 heterocycles. The number of carbonyl (C=O) groups is 1. The number of morpholine rings is 1. The van der Waals surface area contributed by atoms with Crippen molar-refractivity contribution in [2.24, 2.45) is 0 Å². The van der Waals surface area contributed by atoms with Gasteiger partial charge in [0.25, 0.3) is 5.91 Å². The van der Waals surface area contributed by atoms with Gasteiger partial charge in [-0.25, -0.2) is 0 Å². The maximum Gasteiger partial charge on any atom is 0.416 e. The van der Waals surface area contributed by atoms with Gasteiger partial charge in [0.15, 0.2) is 0 Å². The Kier molecular flexibility index (Phi) is 8.63. The third-order valence-electron chi connectivity index (χ3n) is 6.88. The number of hydrogen-bond donors (Lipinski definition) is 0. The zero-order chi connectivity index (χ0) is 25.4. The van der Waals surface area contributed by atoms with E-state index in [1.165, 1.54) is 11.6 Å². The summed E-state index contributed by atoms with van der Waals surface area (Å²) in [6, 6.07) is 11.8. The minimum Gasteiger partial charge on any atom is -0.369 e. The molecule has 1 amide bonds. The molecule has 2 aliphatic heterocycles. The standard InChI is InChI=1S/C27H34F3N3O2.ClH/c1-26(2,3)20-5-8-22(9-6-20)33-15-16-35-24(25(33)34)18-19-17-21(27(28,29)30)7-10-23(19)32-13-11-31(4)12-14-32;/h5-10,17,24H,11-16,18H2,1-4H3;1H. The van der Waals surface area contributed by atoms with Crippen LogP contribution in [0.1, 0.15) is 37.5 Å². The Labute approximate surface area is 217 Å². The SMILES string of the molecule is CN1CCN(c2ccc(C(F)(F)F)cc2CC2OCCN(c3ccc(C(C)(C)C)cc3)C2=O)CC1.Cl. The van der Waals surface area contributed by atoms with E-state index < -0.39 is 17.8 Å². The molecular formula is C27H35ClF3N3O2. The van der Waals surface area contributed by atoms with Crippen LogP contribution in [0.5, 0.6) is 0 Å². The number of rotatable bonds is 4. The van der Waals surface area contributed by atoms with Crippen molar-refractivity contribution in [3.63, 3.8) is 0 Å². The van der Waals surface area contributed by atoms with E-state index in [1.807, 2.05) is 31.3 Å². The summed E-state index contributed by atoms with van der Waals surface area (Å²) in [5.41, 5.74) is 2.48. The van der Waals surface area contributed by atoms with E-state index in [0.29, 0.717) is 18.7 Å². The molecule has 198 valence electrons. The Bertz CT molecular complexity index is 1050. The van der Waals surface area contributed by atoms with Crippen LogP contribution in [0.2, 0.25) is 0 Å². The third-order valence-corrected chi connectivity index (χ3v) is 6.88. The van der Waals surface area contributed by atoms with E-state index in [0.717, 1.165) is 43.6 Å². The Morgan fingerprint density at radius 2 is 1.53 bits per heavy atom. The third kappa shape index (κ3) is 6.33. The van der Waals surface area contributed by atoms with Gasteiger partial charge < -0.3 is 19.4 Å². The second kappa shape index (κ2) is 11.0. The van der Waals surface area contributed by atoms with Crippen LogP contribution in [0.3, 0.4) is 0 Å². The van der Waals surface area contributed by atoms with Crippen LogP contribution in [0.25, 0.3) is 0 Å². The van der Waals surface area contributed by atoms with Crippen molar-refractivity contribution in [3.05, 3.63) is 59.2 Å². The van der Waals surface area contributed by atoms with Crippen LogP contribution in [0, 0.1) is 0 Å². The monoisotopic (exact) mass is 525 g/mol. The Morgan fingerprint density at radius 1 is 0.917 bits per heavy atom. The second-order valence-electron chi connectivity index (χ2n) is 10.5. The van der Waals surface area contributed by atoms with Crippen LogP contribution in [0.15, 0.2) is 42.5 Å². The average Bonchev–Trinajstić information content (AvgIpc) is 2.80. The minimum absolute atomic E-state index is 0. The molecule has 9 heteroatoms. The smallest absolute Gasteiger partial charge is 0.369 e. The predicted molar refractivity (Wildman–Crippen MR) is 139 cm³/mol. The molecule has 2 aromatic rings. The average molecular weight is 526 g/mol. The molecule has 1 atom stereocenters. The molecular weight excluding hydrogens is 491 g/mol. The van der Waals surface area contributed by atoms with Gasteiger partial charge in [-0.1, -0.05) is 32.9 Å². The summed E-state index contributed by atoms with van der Waals surface area (Å²) in [4.78, 5) is 19.4. The lowest BCUT2D eigenvalue weighted by molar-refractivity contribution is -0.137. The topological polar surface area (TPSA) is 36.0 Å². The Balaban J connectivity index is 0.00000361. The number of nitrogens with zero attached hydrogens (tertiary/aromatic N) is 3. The molecule has 0 bridgehead atoms. The van der Waals surface area contributed by atoms with Gasteiger partial charge in [-0.3, -0.25) is 4.79 Å². The lowest BCUT2D eigenvalue weighted by Gasteiger charge is -2.37. The number of anilines is 2. The van der Waals surface area contributed by atoms with E-state index in [4.69, 9.17) is 4.74 Å².